The molecular formula is C22H16ClN3O2. The first-order chi connectivity index (χ1) is 13.7. The number of anilines is 1. The zero-order valence-electron chi connectivity index (χ0n) is 14.8. The number of carbonyl (C=O) groups excluding carboxylic acids is 2. The van der Waals surface area contributed by atoms with Gasteiger partial charge < -0.3 is 0 Å². The van der Waals surface area contributed by atoms with Crippen molar-refractivity contribution in [2.45, 2.75) is 12.5 Å². The molecule has 0 N–H and O–H groups in total. The van der Waals surface area contributed by atoms with Crippen LogP contribution in [0, 0.1) is 0 Å². The van der Waals surface area contributed by atoms with E-state index in [4.69, 9.17) is 11.6 Å². The van der Waals surface area contributed by atoms with Crippen LogP contribution < -0.4 is 4.90 Å². The highest BCUT2D eigenvalue weighted by molar-refractivity contribution is 6.37. The number of rotatable bonds is 4. The number of aromatic nitrogens is 1. The van der Waals surface area contributed by atoms with Crippen LogP contribution in [-0.2, 0) is 11.3 Å². The normalized spacial score (nSPS) is 16.5. The Balaban J connectivity index is 1.73. The Kier molecular flexibility index (Phi) is 5.00. The Hall–Kier alpha value is -3.31. The van der Waals surface area contributed by atoms with Gasteiger partial charge >= 0.3 is 0 Å². The van der Waals surface area contributed by atoms with Crippen molar-refractivity contribution >= 4 is 35.3 Å². The Morgan fingerprint density at radius 2 is 1.75 bits per heavy atom. The molecule has 138 valence electrons. The fourth-order valence-electron chi connectivity index (χ4n) is 3.20. The van der Waals surface area contributed by atoms with Gasteiger partial charge in [0, 0.05) is 18.0 Å². The lowest BCUT2D eigenvalue weighted by Gasteiger charge is -2.31. The molecule has 0 bridgehead atoms. The van der Waals surface area contributed by atoms with E-state index in [1.54, 1.807) is 54.9 Å². The number of benzene rings is 2. The van der Waals surface area contributed by atoms with Crippen LogP contribution in [0.3, 0.4) is 0 Å². The van der Waals surface area contributed by atoms with Gasteiger partial charge in [0.15, 0.2) is 0 Å². The number of halogens is 1. The summed E-state index contributed by atoms with van der Waals surface area (Å²) in [6, 6.07) is 19.5. The molecule has 3 aromatic rings. The van der Waals surface area contributed by atoms with Gasteiger partial charge in [-0.15, -0.1) is 0 Å². The van der Waals surface area contributed by atoms with Crippen molar-refractivity contribution in [2.75, 3.05) is 4.90 Å². The third kappa shape index (κ3) is 3.32. The maximum Gasteiger partial charge on any atom is 0.265 e. The number of imide groups is 1. The molecule has 1 aliphatic heterocycles. The van der Waals surface area contributed by atoms with Crippen LogP contribution in [-0.4, -0.2) is 23.0 Å². The monoisotopic (exact) mass is 389 g/mol. The predicted octanol–water partition coefficient (Wildman–Crippen LogP) is 4.28. The third-order valence-electron chi connectivity index (χ3n) is 4.54. The number of pyridine rings is 1. The zero-order valence-corrected chi connectivity index (χ0v) is 15.6. The highest BCUT2D eigenvalue weighted by atomic mass is 35.5. The largest absolute Gasteiger partial charge is 0.290 e. The van der Waals surface area contributed by atoms with Crippen molar-refractivity contribution in [1.29, 1.82) is 0 Å². The van der Waals surface area contributed by atoms with Gasteiger partial charge in [-0.1, -0.05) is 48.0 Å². The SMILES string of the molecule is O=C1c2ccccc2[C@H](C=NCc2ccccn2)C(=O)N1c1ccccc1Cl. The highest BCUT2D eigenvalue weighted by Gasteiger charge is 2.39. The average molecular weight is 390 g/mol. The summed E-state index contributed by atoms with van der Waals surface area (Å²) >= 11 is 6.26. The smallest absolute Gasteiger partial charge is 0.265 e. The number of nitrogens with zero attached hydrogens (tertiary/aromatic N) is 3. The van der Waals surface area contributed by atoms with Crippen LogP contribution in [0.1, 0.15) is 27.5 Å². The summed E-state index contributed by atoms with van der Waals surface area (Å²) in [5.41, 5.74) is 2.29. The second-order valence-electron chi connectivity index (χ2n) is 6.31. The highest BCUT2D eigenvalue weighted by Crippen LogP contribution is 2.35. The Labute approximate surface area is 167 Å². The Morgan fingerprint density at radius 1 is 1.00 bits per heavy atom. The molecule has 4 rings (SSSR count). The molecular weight excluding hydrogens is 374 g/mol. The summed E-state index contributed by atoms with van der Waals surface area (Å²) in [4.78, 5) is 36.0. The number of aliphatic imine (C=N–C) groups is 1. The lowest BCUT2D eigenvalue weighted by atomic mass is 9.89. The van der Waals surface area contributed by atoms with Crippen LogP contribution in [0.4, 0.5) is 5.69 Å². The summed E-state index contributed by atoms with van der Waals surface area (Å²) < 4.78 is 0. The molecule has 2 amide bonds. The molecule has 6 heteroatoms. The van der Waals surface area contributed by atoms with Crippen LogP contribution in [0.25, 0.3) is 0 Å². The average Bonchev–Trinajstić information content (AvgIpc) is 2.73. The molecule has 1 aromatic heterocycles. The van der Waals surface area contributed by atoms with Crippen molar-refractivity contribution in [2.24, 2.45) is 4.99 Å². The van der Waals surface area contributed by atoms with Crippen molar-refractivity contribution in [1.82, 2.24) is 4.98 Å². The van der Waals surface area contributed by atoms with Gasteiger partial charge in [-0.3, -0.25) is 19.6 Å². The van der Waals surface area contributed by atoms with Gasteiger partial charge in [0.25, 0.3) is 5.91 Å². The minimum atomic E-state index is -0.672. The van der Waals surface area contributed by atoms with E-state index in [9.17, 15) is 9.59 Å². The molecule has 1 aliphatic rings. The Morgan fingerprint density at radius 3 is 2.54 bits per heavy atom. The lowest BCUT2D eigenvalue weighted by Crippen LogP contribution is -2.45. The molecule has 0 saturated heterocycles. The van der Waals surface area contributed by atoms with Crippen molar-refractivity contribution < 1.29 is 9.59 Å². The van der Waals surface area contributed by atoms with Crippen molar-refractivity contribution in [3.63, 3.8) is 0 Å². The van der Waals surface area contributed by atoms with Gasteiger partial charge in [-0.2, -0.15) is 0 Å². The van der Waals surface area contributed by atoms with Crippen LogP contribution in [0.15, 0.2) is 77.9 Å². The van der Waals surface area contributed by atoms with Crippen molar-refractivity contribution in [3.05, 3.63) is 94.8 Å². The molecule has 0 spiro atoms. The Bertz CT molecular complexity index is 1070. The fourth-order valence-corrected chi connectivity index (χ4v) is 3.42. The van der Waals surface area contributed by atoms with Crippen LogP contribution in [0.5, 0.6) is 0 Å². The number of para-hydroxylation sites is 1. The first-order valence-electron chi connectivity index (χ1n) is 8.78. The molecule has 0 fully saturated rings. The summed E-state index contributed by atoms with van der Waals surface area (Å²) in [6.07, 6.45) is 3.29. The molecule has 2 aromatic carbocycles. The van der Waals surface area contributed by atoms with E-state index in [2.05, 4.69) is 9.98 Å². The van der Waals surface area contributed by atoms with Gasteiger partial charge in [-0.05, 0) is 35.9 Å². The van der Waals surface area contributed by atoms with E-state index in [0.29, 0.717) is 28.4 Å². The minimum Gasteiger partial charge on any atom is -0.290 e. The molecule has 28 heavy (non-hydrogen) atoms. The van der Waals surface area contributed by atoms with Gasteiger partial charge in [0.05, 0.1) is 28.9 Å². The van der Waals surface area contributed by atoms with E-state index < -0.39 is 5.92 Å². The number of fused-ring (bicyclic) bond motifs is 1. The van der Waals surface area contributed by atoms with E-state index in [1.807, 2.05) is 24.3 Å². The molecule has 1 atom stereocenters. The fraction of sp³-hybridized carbons (Fsp3) is 0.0909. The standard InChI is InChI=1S/C22H16ClN3O2/c23-19-10-3-4-11-20(19)26-21(27)17-9-2-1-8-16(17)18(22(26)28)14-24-13-15-7-5-6-12-25-15/h1-12,14,18H,13H2/t18-/m0/s1. The molecule has 5 nitrogen and oxygen atoms in total. The first kappa shape index (κ1) is 18.1. The maximum absolute atomic E-state index is 13.2. The quantitative estimate of drug-likeness (QED) is 0.494. The number of carbonyl (C=O) groups is 2. The second-order valence-corrected chi connectivity index (χ2v) is 6.71. The second kappa shape index (κ2) is 7.74. The molecule has 0 saturated carbocycles. The van der Waals surface area contributed by atoms with Crippen LogP contribution in [0.2, 0.25) is 5.02 Å². The summed E-state index contributed by atoms with van der Waals surface area (Å²) in [6.45, 7) is 0.354. The third-order valence-corrected chi connectivity index (χ3v) is 4.86. The van der Waals surface area contributed by atoms with Crippen LogP contribution >= 0.6 is 11.6 Å². The van der Waals surface area contributed by atoms with Crippen molar-refractivity contribution in [3.8, 4) is 0 Å². The molecule has 2 heterocycles. The number of hydrogen-bond donors (Lipinski definition) is 0. The summed E-state index contributed by atoms with van der Waals surface area (Å²) in [7, 11) is 0. The lowest BCUT2D eigenvalue weighted by molar-refractivity contribution is -0.118. The van der Waals surface area contributed by atoms with E-state index in [-0.39, 0.29) is 11.8 Å². The van der Waals surface area contributed by atoms with Gasteiger partial charge in [0.1, 0.15) is 0 Å². The number of amides is 2. The van der Waals surface area contributed by atoms with Gasteiger partial charge in [0.2, 0.25) is 5.91 Å². The van der Waals surface area contributed by atoms with Gasteiger partial charge in [-0.25, -0.2) is 4.90 Å². The molecule has 0 unspecified atom stereocenters. The summed E-state index contributed by atoms with van der Waals surface area (Å²) in [5, 5.41) is 0.341. The van der Waals surface area contributed by atoms with E-state index in [1.165, 1.54) is 0 Å². The predicted molar refractivity (Wildman–Crippen MR) is 109 cm³/mol. The topological polar surface area (TPSA) is 62.6 Å². The van der Waals surface area contributed by atoms with E-state index >= 15 is 0 Å². The molecule has 0 radical (unpaired) electrons. The first-order valence-corrected chi connectivity index (χ1v) is 9.16. The zero-order chi connectivity index (χ0) is 19.5. The van der Waals surface area contributed by atoms with E-state index in [0.717, 1.165) is 10.6 Å². The minimum absolute atomic E-state index is 0.341. The molecule has 0 aliphatic carbocycles. The summed E-state index contributed by atoms with van der Waals surface area (Å²) in [5.74, 6) is -1.43. The maximum atomic E-state index is 13.2. The number of hydrogen-bond acceptors (Lipinski definition) is 4.